The molecule has 8 nitrogen and oxygen atoms in total. The van der Waals surface area contributed by atoms with E-state index in [0.717, 1.165) is 48.7 Å². The Morgan fingerprint density at radius 3 is 2.91 bits per heavy atom. The lowest BCUT2D eigenvalue weighted by Crippen LogP contribution is -2.24. The van der Waals surface area contributed by atoms with Gasteiger partial charge in [-0.1, -0.05) is 11.1 Å². The number of hydrogen-bond donors (Lipinski definition) is 1. The summed E-state index contributed by atoms with van der Waals surface area (Å²) < 4.78 is 24.6. The molecule has 33 heavy (non-hydrogen) atoms. The second kappa shape index (κ2) is 11.7. The predicted octanol–water partition coefficient (Wildman–Crippen LogP) is 3.68. The van der Waals surface area contributed by atoms with Gasteiger partial charge in [0.1, 0.15) is 23.4 Å². The largest absolute Gasteiger partial charge is 0.494 e. The molecule has 0 bridgehead atoms. The molecule has 4 rings (SSSR count). The molecule has 3 aromatic rings. The zero-order chi connectivity index (χ0) is 22.9. The van der Waals surface area contributed by atoms with Crippen LogP contribution in [0.4, 0.5) is 0 Å². The third-order valence-corrected chi connectivity index (χ3v) is 5.25. The summed E-state index contributed by atoms with van der Waals surface area (Å²) in [7, 11) is 0. The van der Waals surface area contributed by atoms with E-state index in [9.17, 15) is 0 Å². The molecular formula is C25H29N3O5. The van der Waals surface area contributed by atoms with Gasteiger partial charge in [0.25, 0.3) is 0 Å². The van der Waals surface area contributed by atoms with E-state index in [1.807, 2.05) is 48.0 Å². The highest BCUT2D eigenvalue weighted by Crippen LogP contribution is 2.23. The number of hydrogen-bond acceptors (Lipinski definition) is 7. The molecule has 1 fully saturated rings. The molecule has 0 amide bonds. The van der Waals surface area contributed by atoms with Gasteiger partial charge in [-0.15, -0.1) is 0 Å². The molecule has 1 N–H and O–H groups in total. The zero-order valence-corrected chi connectivity index (χ0v) is 18.8. The Morgan fingerprint density at radius 1 is 1.24 bits per heavy atom. The minimum absolute atomic E-state index is 0.118. The van der Waals surface area contributed by atoms with Crippen LogP contribution in [0.25, 0.3) is 0 Å². The van der Waals surface area contributed by atoms with Crippen LogP contribution in [0, 0.1) is 11.8 Å². The van der Waals surface area contributed by atoms with Crippen LogP contribution in [0.2, 0.25) is 0 Å². The summed E-state index contributed by atoms with van der Waals surface area (Å²) in [6, 6.07) is 9.31. The van der Waals surface area contributed by atoms with Crippen molar-refractivity contribution in [2.75, 3.05) is 19.8 Å². The van der Waals surface area contributed by atoms with Gasteiger partial charge < -0.3 is 28.4 Å². The number of benzene rings is 1. The Hall–Kier alpha value is -3.12. The summed E-state index contributed by atoms with van der Waals surface area (Å²) in [5.41, 5.74) is 1.60. The van der Waals surface area contributed by atoms with Crippen LogP contribution in [-0.4, -0.2) is 45.9 Å². The molecule has 1 saturated heterocycles. The summed E-state index contributed by atoms with van der Waals surface area (Å²) in [5, 5.41) is 13.0. The van der Waals surface area contributed by atoms with E-state index < -0.39 is 0 Å². The van der Waals surface area contributed by atoms with Crippen LogP contribution in [-0.2, 0) is 16.0 Å². The molecule has 0 spiro atoms. The van der Waals surface area contributed by atoms with Crippen LogP contribution in [0.1, 0.15) is 61.6 Å². The van der Waals surface area contributed by atoms with Gasteiger partial charge in [0.2, 0.25) is 5.76 Å². The Kier molecular flexibility index (Phi) is 8.14. The van der Waals surface area contributed by atoms with Crippen LogP contribution in [0.15, 0.2) is 47.2 Å². The van der Waals surface area contributed by atoms with E-state index in [1.54, 1.807) is 6.20 Å². The summed E-state index contributed by atoms with van der Waals surface area (Å²) in [6.45, 7) is 3.85. The first-order valence-electron chi connectivity index (χ1n) is 11.3. The standard InChI is InChI=1S/C25H29N3O5/c1-19(32-24-5-2-3-15-31-24)25-26-12-13-28(25)18-21-17-23(33-27-21)11-8-20-6-9-22(10-7-20)30-16-4-14-29/h6-7,9-10,12-13,17,19,24,29H,2-5,14-16,18H2,1H3/t19-,24?/m0/s1. The minimum Gasteiger partial charge on any atom is -0.494 e. The topological polar surface area (TPSA) is 91.8 Å². The number of aliphatic hydroxyl groups excluding tert-OH is 1. The highest BCUT2D eigenvalue weighted by molar-refractivity contribution is 5.41. The highest BCUT2D eigenvalue weighted by atomic mass is 16.7. The molecule has 1 aliphatic heterocycles. The monoisotopic (exact) mass is 451 g/mol. The second-order valence-electron chi connectivity index (χ2n) is 7.87. The SMILES string of the molecule is C[C@H](OC1CCCCO1)c1nccn1Cc1cc(C#Cc2ccc(OCCCO)cc2)on1. The van der Waals surface area contributed by atoms with Crippen LogP contribution >= 0.6 is 0 Å². The third-order valence-electron chi connectivity index (χ3n) is 5.25. The first-order chi connectivity index (χ1) is 16.2. The van der Waals surface area contributed by atoms with Crippen LogP contribution < -0.4 is 4.74 Å². The fourth-order valence-corrected chi connectivity index (χ4v) is 3.56. The van der Waals surface area contributed by atoms with Gasteiger partial charge in [-0.2, -0.15) is 0 Å². The van der Waals surface area contributed by atoms with Crippen molar-refractivity contribution in [3.05, 3.63) is 65.6 Å². The van der Waals surface area contributed by atoms with Gasteiger partial charge in [0.15, 0.2) is 6.29 Å². The fourth-order valence-electron chi connectivity index (χ4n) is 3.56. The van der Waals surface area contributed by atoms with Crippen molar-refractivity contribution in [3.63, 3.8) is 0 Å². The molecule has 1 aliphatic rings. The molecule has 2 aromatic heterocycles. The predicted molar refractivity (Wildman–Crippen MR) is 121 cm³/mol. The van der Waals surface area contributed by atoms with Gasteiger partial charge >= 0.3 is 0 Å². The number of ether oxygens (including phenoxy) is 3. The molecule has 3 heterocycles. The molecule has 8 heteroatoms. The van der Waals surface area contributed by atoms with E-state index in [2.05, 4.69) is 22.0 Å². The van der Waals surface area contributed by atoms with E-state index in [-0.39, 0.29) is 19.0 Å². The Bertz CT molecular complexity index is 1060. The molecule has 1 aromatic carbocycles. The maximum atomic E-state index is 8.81. The lowest BCUT2D eigenvalue weighted by molar-refractivity contribution is -0.188. The van der Waals surface area contributed by atoms with Gasteiger partial charge in [0, 0.05) is 43.7 Å². The minimum atomic E-state index is -0.190. The van der Waals surface area contributed by atoms with Crippen LogP contribution in [0.3, 0.4) is 0 Å². The van der Waals surface area contributed by atoms with Gasteiger partial charge in [-0.3, -0.25) is 0 Å². The Balaban J connectivity index is 1.34. The first-order valence-corrected chi connectivity index (χ1v) is 11.3. The smallest absolute Gasteiger partial charge is 0.210 e. The normalized spacial score (nSPS) is 16.7. The molecule has 0 aliphatic carbocycles. The lowest BCUT2D eigenvalue weighted by Gasteiger charge is -2.26. The first kappa shape index (κ1) is 23.1. The average molecular weight is 452 g/mol. The number of rotatable bonds is 9. The quantitative estimate of drug-likeness (QED) is 0.392. The third kappa shape index (κ3) is 6.68. The van der Waals surface area contributed by atoms with Gasteiger partial charge in [-0.25, -0.2) is 4.98 Å². The maximum absolute atomic E-state index is 8.81. The Morgan fingerprint density at radius 2 is 2.12 bits per heavy atom. The second-order valence-corrected chi connectivity index (χ2v) is 7.87. The van der Waals surface area contributed by atoms with E-state index >= 15 is 0 Å². The average Bonchev–Trinajstić information content (AvgIpc) is 3.49. The zero-order valence-electron chi connectivity index (χ0n) is 18.8. The molecule has 2 atom stereocenters. The Labute approximate surface area is 193 Å². The summed E-state index contributed by atoms with van der Waals surface area (Å²) in [5.74, 6) is 8.14. The molecular weight excluding hydrogens is 422 g/mol. The molecule has 174 valence electrons. The maximum Gasteiger partial charge on any atom is 0.210 e. The van der Waals surface area contributed by atoms with Crippen molar-refractivity contribution in [1.29, 1.82) is 0 Å². The number of aromatic nitrogens is 3. The van der Waals surface area contributed by atoms with Crippen molar-refractivity contribution < 1.29 is 23.8 Å². The molecule has 0 saturated carbocycles. The van der Waals surface area contributed by atoms with Crippen molar-refractivity contribution in [1.82, 2.24) is 14.7 Å². The van der Waals surface area contributed by atoms with E-state index in [0.29, 0.717) is 25.3 Å². The van der Waals surface area contributed by atoms with E-state index in [4.69, 9.17) is 23.8 Å². The summed E-state index contributed by atoms with van der Waals surface area (Å²) in [6.07, 6.45) is 7.03. The highest BCUT2D eigenvalue weighted by Gasteiger charge is 2.21. The molecule has 1 unspecified atom stereocenters. The van der Waals surface area contributed by atoms with Crippen LogP contribution in [0.5, 0.6) is 5.75 Å². The van der Waals surface area contributed by atoms with Crippen molar-refractivity contribution in [2.45, 2.75) is 51.5 Å². The lowest BCUT2D eigenvalue weighted by atomic mass is 10.2. The number of imidazole rings is 1. The fraction of sp³-hybridized carbons (Fsp3) is 0.440. The number of aliphatic hydroxyl groups is 1. The van der Waals surface area contributed by atoms with Gasteiger partial charge in [-0.05, 0) is 56.4 Å². The summed E-state index contributed by atoms with van der Waals surface area (Å²) >= 11 is 0. The van der Waals surface area contributed by atoms with Gasteiger partial charge in [0.05, 0.1) is 13.2 Å². The van der Waals surface area contributed by atoms with Crippen molar-refractivity contribution >= 4 is 0 Å². The molecule has 0 radical (unpaired) electrons. The number of nitrogens with zero attached hydrogens (tertiary/aromatic N) is 3. The van der Waals surface area contributed by atoms with Crippen molar-refractivity contribution in [2.24, 2.45) is 0 Å². The van der Waals surface area contributed by atoms with E-state index in [1.165, 1.54) is 0 Å². The van der Waals surface area contributed by atoms with Crippen molar-refractivity contribution in [3.8, 4) is 17.6 Å². The summed E-state index contributed by atoms with van der Waals surface area (Å²) in [4.78, 5) is 4.46.